The Morgan fingerprint density at radius 3 is 2.54 bits per heavy atom. The maximum atomic E-state index is 9.21. The van der Waals surface area contributed by atoms with E-state index in [1.54, 1.807) is 5.56 Å². The topological polar surface area (TPSA) is 36.4 Å². The Bertz CT molecular complexity index is 746. The van der Waals surface area contributed by atoms with Gasteiger partial charge in [0.15, 0.2) is 0 Å². The molecule has 1 aliphatic carbocycles. The molecule has 4 rings (SSSR count). The molecule has 3 heteroatoms. The van der Waals surface area contributed by atoms with E-state index < -0.39 is 0 Å². The minimum absolute atomic E-state index is 0.133. The van der Waals surface area contributed by atoms with Crippen LogP contribution in [0.25, 0.3) is 0 Å². The molecule has 0 spiro atoms. The Kier molecular flexibility index (Phi) is 5.37. The van der Waals surface area contributed by atoms with Crippen LogP contribution < -0.4 is 0 Å². The van der Waals surface area contributed by atoms with E-state index in [4.69, 9.17) is 4.98 Å². The summed E-state index contributed by atoms with van der Waals surface area (Å²) in [4.78, 5) is 7.42. The second kappa shape index (κ2) is 7.89. The fraction of sp³-hybridized carbons (Fsp3) is 0.522. The summed E-state index contributed by atoms with van der Waals surface area (Å²) < 4.78 is 0. The molecule has 1 N–H and O–H groups in total. The number of fused-ring (bicyclic) bond motifs is 1. The molecule has 0 unspecified atom stereocenters. The Hall–Kier alpha value is -1.71. The van der Waals surface area contributed by atoms with E-state index in [0.717, 1.165) is 18.5 Å². The zero-order valence-corrected chi connectivity index (χ0v) is 15.9. The number of aliphatic hydroxyl groups is 1. The first-order chi connectivity index (χ1) is 12.7. The number of aryl methyl sites for hydroxylation is 2. The van der Waals surface area contributed by atoms with E-state index in [-0.39, 0.29) is 6.61 Å². The molecular formula is C23H30N2O. The molecule has 3 nitrogen and oxygen atoms in total. The smallest absolute Gasteiger partial charge is 0.0681 e. The molecule has 0 bridgehead atoms. The monoisotopic (exact) mass is 350 g/mol. The van der Waals surface area contributed by atoms with Gasteiger partial charge in [0.05, 0.1) is 6.61 Å². The third-order valence-electron chi connectivity index (χ3n) is 6.14. The first-order valence-corrected chi connectivity index (χ1v) is 10.1. The predicted molar refractivity (Wildman–Crippen MR) is 105 cm³/mol. The zero-order chi connectivity index (χ0) is 17.9. The van der Waals surface area contributed by atoms with Crippen LogP contribution in [0.3, 0.4) is 0 Å². The van der Waals surface area contributed by atoms with Gasteiger partial charge < -0.3 is 5.11 Å². The summed E-state index contributed by atoms with van der Waals surface area (Å²) in [7, 11) is 0. The number of benzene rings is 1. The molecule has 1 saturated heterocycles. The van der Waals surface area contributed by atoms with Crippen LogP contribution in [0.2, 0.25) is 0 Å². The number of hydrogen-bond donors (Lipinski definition) is 1. The van der Waals surface area contributed by atoms with Crippen LogP contribution in [-0.4, -0.2) is 28.1 Å². The Labute approximate surface area is 157 Å². The second-order valence-electron chi connectivity index (χ2n) is 8.01. The first kappa shape index (κ1) is 17.7. The van der Waals surface area contributed by atoms with Crippen molar-refractivity contribution in [2.24, 2.45) is 0 Å². The maximum Gasteiger partial charge on any atom is 0.0681 e. The van der Waals surface area contributed by atoms with Gasteiger partial charge in [0.25, 0.3) is 0 Å². The van der Waals surface area contributed by atoms with Crippen molar-refractivity contribution in [3.8, 4) is 0 Å². The lowest BCUT2D eigenvalue weighted by molar-refractivity contribution is 0.204. The van der Waals surface area contributed by atoms with Crippen molar-refractivity contribution in [1.29, 1.82) is 0 Å². The van der Waals surface area contributed by atoms with Crippen LogP contribution in [0.1, 0.15) is 65.2 Å². The van der Waals surface area contributed by atoms with Crippen LogP contribution >= 0.6 is 0 Å². The molecule has 2 aliphatic rings. The zero-order valence-electron chi connectivity index (χ0n) is 15.9. The van der Waals surface area contributed by atoms with E-state index in [2.05, 4.69) is 42.2 Å². The van der Waals surface area contributed by atoms with Gasteiger partial charge in [-0.1, -0.05) is 24.3 Å². The molecule has 2 heterocycles. The standard InChI is InChI=1S/C23H30N2O/c1-17-14-21(22-4-2-3-5-23(22)24-17)15-25-12-10-20(11-13-25)19-8-6-18(16-26)7-9-19/h6-9,14,20,26H,2-5,10-13,15-16H2,1H3. The van der Waals surface area contributed by atoms with Crippen molar-refractivity contribution in [3.63, 3.8) is 0 Å². The molecule has 26 heavy (non-hydrogen) atoms. The van der Waals surface area contributed by atoms with Gasteiger partial charge in [0.2, 0.25) is 0 Å². The lowest BCUT2D eigenvalue weighted by atomic mass is 9.88. The Balaban J connectivity index is 1.40. The molecule has 2 aromatic rings. The normalized spacial score (nSPS) is 18.7. The van der Waals surface area contributed by atoms with E-state index in [1.807, 2.05) is 0 Å². The molecule has 0 saturated carbocycles. The van der Waals surface area contributed by atoms with Gasteiger partial charge in [-0.3, -0.25) is 9.88 Å². The van der Waals surface area contributed by atoms with Crippen molar-refractivity contribution in [3.05, 3.63) is 64.0 Å². The van der Waals surface area contributed by atoms with Gasteiger partial charge in [-0.05, 0) is 92.8 Å². The van der Waals surface area contributed by atoms with Gasteiger partial charge in [-0.2, -0.15) is 0 Å². The summed E-state index contributed by atoms with van der Waals surface area (Å²) in [6.07, 6.45) is 7.44. The predicted octanol–water partition coefficient (Wildman–Crippen LogP) is 4.14. The summed E-state index contributed by atoms with van der Waals surface area (Å²) in [6.45, 7) is 5.70. The molecule has 0 atom stereocenters. The minimum atomic E-state index is 0.133. The number of likely N-dealkylation sites (tertiary alicyclic amines) is 1. The number of hydrogen-bond acceptors (Lipinski definition) is 3. The van der Waals surface area contributed by atoms with Gasteiger partial charge in [0.1, 0.15) is 0 Å². The molecule has 1 fully saturated rings. The molecule has 0 amide bonds. The van der Waals surface area contributed by atoms with E-state index >= 15 is 0 Å². The van der Waals surface area contributed by atoms with Crippen molar-refractivity contribution in [2.75, 3.05) is 13.1 Å². The molecular weight excluding hydrogens is 320 g/mol. The van der Waals surface area contributed by atoms with Crippen molar-refractivity contribution in [2.45, 2.75) is 64.5 Å². The molecule has 1 aliphatic heterocycles. The number of pyridine rings is 1. The van der Waals surface area contributed by atoms with E-state index in [0.29, 0.717) is 5.92 Å². The number of piperidine rings is 1. The second-order valence-corrected chi connectivity index (χ2v) is 8.01. The fourth-order valence-electron chi connectivity index (χ4n) is 4.64. The SMILES string of the molecule is Cc1cc(CN2CCC(c3ccc(CO)cc3)CC2)c2c(n1)CCCC2. The average molecular weight is 351 g/mol. The molecule has 1 aromatic carbocycles. The summed E-state index contributed by atoms with van der Waals surface area (Å²) in [5.41, 5.74) is 8.05. The van der Waals surface area contributed by atoms with Crippen molar-refractivity contribution >= 4 is 0 Å². The lowest BCUT2D eigenvalue weighted by Gasteiger charge is -2.33. The summed E-state index contributed by atoms with van der Waals surface area (Å²) in [6, 6.07) is 10.9. The summed E-state index contributed by atoms with van der Waals surface area (Å²) in [5, 5.41) is 9.21. The Morgan fingerprint density at radius 1 is 1.08 bits per heavy atom. The van der Waals surface area contributed by atoms with Crippen LogP contribution in [0.5, 0.6) is 0 Å². The molecule has 1 aromatic heterocycles. The summed E-state index contributed by atoms with van der Waals surface area (Å²) in [5.74, 6) is 0.659. The lowest BCUT2D eigenvalue weighted by Crippen LogP contribution is -2.33. The molecule has 0 radical (unpaired) electrons. The largest absolute Gasteiger partial charge is 0.392 e. The van der Waals surface area contributed by atoms with E-state index in [9.17, 15) is 5.11 Å². The van der Waals surface area contributed by atoms with Gasteiger partial charge in [-0.25, -0.2) is 0 Å². The fourth-order valence-corrected chi connectivity index (χ4v) is 4.64. The number of nitrogens with zero attached hydrogens (tertiary/aromatic N) is 2. The van der Waals surface area contributed by atoms with Crippen LogP contribution in [0.4, 0.5) is 0 Å². The highest BCUT2D eigenvalue weighted by molar-refractivity contribution is 5.34. The minimum Gasteiger partial charge on any atom is -0.392 e. The number of rotatable bonds is 4. The van der Waals surface area contributed by atoms with Crippen molar-refractivity contribution in [1.82, 2.24) is 9.88 Å². The van der Waals surface area contributed by atoms with Crippen LogP contribution in [-0.2, 0) is 26.0 Å². The average Bonchev–Trinajstić information content (AvgIpc) is 2.68. The maximum absolute atomic E-state index is 9.21. The van der Waals surface area contributed by atoms with E-state index in [1.165, 1.54) is 67.7 Å². The quantitative estimate of drug-likeness (QED) is 0.900. The van der Waals surface area contributed by atoms with Crippen LogP contribution in [0, 0.1) is 6.92 Å². The number of aliphatic hydroxyl groups excluding tert-OH is 1. The highest BCUT2D eigenvalue weighted by Gasteiger charge is 2.23. The van der Waals surface area contributed by atoms with Gasteiger partial charge >= 0.3 is 0 Å². The molecule has 138 valence electrons. The first-order valence-electron chi connectivity index (χ1n) is 10.1. The van der Waals surface area contributed by atoms with Gasteiger partial charge in [-0.15, -0.1) is 0 Å². The third-order valence-corrected chi connectivity index (χ3v) is 6.14. The highest BCUT2D eigenvalue weighted by atomic mass is 16.3. The van der Waals surface area contributed by atoms with Crippen LogP contribution in [0.15, 0.2) is 30.3 Å². The summed E-state index contributed by atoms with van der Waals surface area (Å²) >= 11 is 0. The van der Waals surface area contributed by atoms with Gasteiger partial charge in [0, 0.05) is 17.9 Å². The third kappa shape index (κ3) is 3.84. The highest BCUT2D eigenvalue weighted by Crippen LogP contribution is 2.30. The number of aromatic nitrogens is 1. The van der Waals surface area contributed by atoms with Crippen molar-refractivity contribution < 1.29 is 5.11 Å². The Morgan fingerprint density at radius 2 is 1.81 bits per heavy atom.